The minimum absolute atomic E-state index is 0.113. The molecule has 0 atom stereocenters. The molecule has 4 bridgehead atoms. The summed E-state index contributed by atoms with van der Waals surface area (Å²) in [6.07, 6.45) is 10.8. The lowest BCUT2D eigenvalue weighted by Gasteiger charge is -2.57. The van der Waals surface area contributed by atoms with Gasteiger partial charge in [-0.05, 0) is 117 Å². The number of amides is 1. The Labute approximate surface area is 212 Å². The molecule has 0 spiro atoms. The highest BCUT2D eigenvalue weighted by Crippen LogP contribution is 2.61. The van der Waals surface area contributed by atoms with Crippen LogP contribution in [0.2, 0.25) is 0 Å². The van der Waals surface area contributed by atoms with Crippen LogP contribution in [0.1, 0.15) is 65.8 Å². The highest BCUT2D eigenvalue weighted by molar-refractivity contribution is 6.04. The lowest BCUT2D eigenvalue weighted by Crippen LogP contribution is -2.47. The molecule has 5 aliphatic rings. The van der Waals surface area contributed by atoms with Crippen molar-refractivity contribution in [1.29, 1.82) is 0 Å². The molecule has 5 nitrogen and oxygen atoms in total. The van der Waals surface area contributed by atoms with E-state index in [1.54, 1.807) is 7.11 Å². The standard InChI is InChI=1S/C31H33N3O2/c1-36-24-8-9-25-23(14-24)7-10-26-28(25)32-27(29(33-26)34-30(35)22-5-3-2-4-6-22)18-31-15-19-11-20(16-31)13-21(12-19)17-31/h2-6,8-9,14,19-21H,7,10-13,15-18H2,1H3,(H,33,34,35). The fraction of sp³-hybridized carbons (Fsp3) is 0.452. The Morgan fingerprint density at radius 2 is 1.69 bits per heavy atom. The Morgan fingerprint density at radius 1 is 0.972 bits per heavy atom. The van der Waals surface area contributed by atoms with E-state index in [1.165, 1.54) is 44.1 Å². The molecule has 4 fully saturated rings. The summed E-state index contributed by atoms with van der Waals surface area (Å²) in [5.41, 5.74) is 6.29. The maximum Gasteiger partial charge on any atom is 0.256 e. The molecular formula is C31H33N3O2. The Bertz CT molecular complexity index is 1300. The number of rotatable bonds is 5. The second kappa shape index (κ2) is 8.43. The topological polar surface area (TPSA) is 64.1 Å². The van der Waals surface area contributed by atoms with Crippen molar-refractivity contribution in [1.82, 2.24) is 9.97 Å². The van der Waals surface area contributed by atoms with Crippen LogP contribution in [0.25, 0.3) is 11.3 Å². The number of aryl methyl sites for hydroxylation is 2. The molecule has 3 aromatic rings. The van der Waals surface area contributed by atoms with Crippen molar-refractivity contribution in [2.45, 2.75) is 57.8 Å². The smallest absolute Gasteiger partial charge is 0.256 e. The summed E-state index contributed by atoms with van der Waals surface area (Å²) in [6.45, 7) is 0. The number of anilines is 1. The first kappa shape index (κ1) is 22.0. The highest BCUT2D eigenvalue weighted by atomic mass is 16.5. The second-order valence-electron chi connectivity index (χ2n) is 11.8. The summed E-state index contributed by atoms with van der Waals surface area (Å²) < 4.78 is 5.47. The third-order valence-electron chi connectivity index (χ3n) is 9.21. The number of fused-ring (bicyclic) bond motifs is 3. The number of hydrogen-bond donors (Lipinski definition) is 1. The molecule has 0 unspecified atom stereocenters. The molecule has 5 heteroatoms. The van der Waals surface area contributed by atoms with Crippen LogP contribution >= 0.6 is 0 Å². The predicted molar refractivity (Wildman–Crippen MR) is 140 cm³/mol. The Balaban J connectivity index is 1.29. The van der Waals surface area contributed by atoms with E-state index in [0.717, 1.165) is 65.4 Å². The fourth-order valence-electron chi connectivity index (χ4n) is 8.14. The molecule has 36 heavy (non-hydrogen) atoms. The van der Waals surface area contributed by atoms with Gasteiger partial charge in [-0.15, -0.1) is 0 Å². The van der Waals surface area contributed by atoms with E-state index in [1.807, 2.05) is 36.4 Å². The van der Waals surface area contributed by atoms with E-state index in [2.05, 4.69) is 17.4 Å². The largest absolute Gasteiger partial charge is 0.497 e. The molecule has 0 radical (unpaired) electrons. The van der Waals surface area contributed by atoms with Gasteiger partial charge < -0.3 is 10.1 Å². The molecular weight excluding hydrogens is 446 g/mol. The van der Waals surface area contributed by atoms with Crippen LogP contribution in [-0.4, -0.2) is 23.0 Å². The Hall–Kier alpha value is -3.21. The lowest BCUT2D eigenvalue weighted by atomic mass is 9.48. The number of methoxy groups -OCH3 is 1. The lowest BCUT2D eigenvalue weighted by molar-refractivity contribution is -0.0526. The van der Waals surface area contributed by atoms with Crippen molar-refractivity contribution >= 4 is 11.7 Å². The number of aromatic nitrogens is 2. The molecule has 8 rings (SSSR count). The van der Waals surface area contributed by atoms with E-state index in [4.69, 9.17) is 14.7 Å². The van der Waals surface area contributed by atoms with Crippen LogP contribution in [0.15, 0.2) is 48.5 Å². The number of ether oxygens (including phenoxy) is 1. The quantitative estimate of drug-likeness (QED) is 0.469. The molecule has 1 aromatic heterocycles. The Kier molecular flexibility index (Phi) is 5.16. The second-order valence-corrected chi connectivity index (χ2v) is 11.8. The van der Waals surface area contributed by atoms with Gasteiger partial charge in [0.25, 0.3) is 5.91 Å². The van der Waals surface area contributed by atoms with Gasteiger partial charge in [0.05, 0.1) is 24.2 Å². The van der Waals surface area contributed by atoms with E-state index in [9.17, 15) is 4.79 Å². The molecule has 5 aliphatic carbocycles. The van der Waals surface area contributed by atoms with E-state index in [-0.39, 0.29) is 5.91 Å². The van der Waals surface area contributed by atoms with Crippen molar-refractivity contribution in [2.24, 2.45) is 23.2 Å². The average molecular weight is 480 g/mol. The first-order valence-corrected chi connectivity index (χ1v) is 13.5. The van der Waals surface area contributed by atoms with Crippen LogP contribution in [0.4, 0.5) is 5.82 Å². The van der Waals surface area contributed by atoms with Crippen LogP contribution in [0.5, 0.6) is 5.75 Å². The van der Waals surface area contributed by atoms with Crippen LogP contribution in [0, 0.1) is 23.2 Å². The molecule has 184 valence electrons. The van der Waals surface area contributed by atoms with E-state index >= 15 is 0 Å². The third kappa shape index (κ3) is 3.80. The number of benzene rings is 2. The minimum atomic E-state index is -0.113. The van der Waals surface area contributed by atoms with Gasteiger partial charge in [0.15, 0.2) is 5.82 Å². The number of nitrogens with zero attached hydrogens (tertiary/aromatic N) is 2. The summed E-state index contributed by atoms with van der Waals surface area (Å²) in [5, 5.41) is 3.17. The van der Waals surface area contributed by atoms with Gasteiger partial charge in [-0.2, -0.15) is 0 Å². The highest BCUT2D eigenvalue weighted by Gasteiger charge is 2.51. The minimum Gasteiger partial charge on any atom is -0.497 e. The molecule has 2 aromatic carbocycles. The number of nitrogens with one attached hydrogen (secondary N) is 1. The monoisotopic (exact) mass is 479 g/mol. The van der Waals surface area contributed by atoms with Crippen molar-refractivity contribution < 1.29 is 9.53 Å². The van der Waals surface area contributed by atoms with Crippen molar-refractivity contribution in [3.8, 4) is 17.0 Å². The molecule has 1 amide bonds. The number of hydrogen-bond acceptors (Lipinski definition) is 4. The number of carbonyl (C=O) groups excluding carboxylic acids is 1. The van der Waals surface area contributed by atoms with Crippen molar-refractivity contribution in [3.05, 3.63) is 71.0 Å². The predicted octanol–water partition coefficient (Wildman–Crippen LogP) is 6.26. The normalized spacial score (nSPS) is 27.3. The maximum atomic E-state index is 13.2. The zero-order valence-corrected chi connectivity index (χ0v) is 20.9. The zero-order chi connectivity index (χ0) is 24.3. The van der Waals surface area contributed by atoms with E-state index in [0.29, 0.717) is 16.8 Å². The zero-order valence-electron chi connectivity index (χ0n) is 20.9. The Morgan fingerprint density at radius 3 is 2.39 bits per heavy atom. The van der Waals surface area contributed by atoms with Crippen molar-refractivity contribution in [2.75, 3.05) is 12.4 Å². The van der Waals surface area contributed by atoms with Gasteiger partial charge in [0.2, 0.25) is 0 Å². The molecule has 1 N–H and O–H groups in total. The summed E-state index contributed by atoms with van der Waals surface area (Å²) >= 11 is 0. The van der Waals surface area contributed by atoms with Gasteiger partial charge in [-0.25, -0.2) is 9.97 Å². The van der Waals surface area contributed by atoms with Gasteiger partial charge in [0, 0.05) is 11.1 Å². The first-order valence-electron chi connectivity index (χ1n) is 13.5. The van der Waals surface area contributed by atoms with Crippen molar-refractivity contribution in [3.63, 3.8) is 0 Å². The van der Waals surface area contributed by atoms with Gasteiger partial charge in [0.1, 0.15) is 5.75 Å². The average Bonchev–Trinajstić information content (AvgIpc) is 2.88. The maximum absolute atomic E-state index is 13.2. The molecule has 0 aliphatic heterocycles. The number of carbonyl (C=O) groups is 1. The summed E-state index contributed by atoms with van der Waals surface area (Å²) in [4.78, 5) is 23.6. The SMILES string of the molecule is COc1ccc2c(c1)CCc1nc(NC(=O)c3ccccc3)c(CC34CC5CC(CC(C5)C3)C4)nc1-2. The first-order chi connectivity index (χ1) is 17.6. The van der Waals surface area contributed by atoms with E-state index < -0.39 is 0 Å². The van der Waals surface area contributed by atoms with Crippen LogP contribution < -0.4 is 10.1 Å². The molecule has 0 saturated heterocycles. The third-order valence-corrected chi connectivity index (χ3v) is 9.21. The molecule has 4 saturated carbocycles. The van der Waals surface area contributed by atoms with Gasteiger partial charge in [-0.3, -0.25) is 4.79 Å². The summed E-state index contributed by atoms with van der Waals surface area (Å²) in [5.74, 6) is 4.05. The summed E-state index contributed by atoms with van der Waals surface area (Å²) in [6, 6.07) is 15.7. The van der Waals surface area contributed by atoms with Crippen LogP contribution in [0.3, 0.4) is 0 Å². The van der Waals surface area contributed by atoms with Gasteiger partial charge in [-0.1, -0.05) is 18.2 Å². The van der Waals surface area contributed by atoms with Crippen LogP contribution in [-0.2, 0) is 19.3 Å². The molecule has 1 heterocycles. The fourth-order valence-corrected chi connectivity index (χ4v) is 8.14. The van der Waals surface area contributed by atoms with Gasteiger partial charge >= 0.3 is 0 Å². The summed E-state index contributed by atoms with van der Waals surface area (Å²) in [7, 11) is 1.71.